The minimum Gasteiger partial charge on any atom is -0.384 e. The van der Waals surface area contributed by atoms with Crippen LogP contribution in [-0.2, 0) is 15.2 Å². The van der Waals surface area contributed by atoms with Crippen LogP contribution in [0.5, 0.6) is 0 Å². The molecule has 2 amide bonds. The molecule has 31 heavy (non-hydrogen) atoms. The summed E-state index contributed by atoms with van der Waals surface area (Å²) >= 11 is 6.02. The maximum absolute atomic E-state index is 13.4. The average molecular weight is 450 g/mol. The van der Waals surface area contributed by atoms with E-state index >= 15 is 0 Å². The second-order valence-electron chi connectivity index (χ2n) is 10.0. The van der Waals surface area contributed by atoms with Crippen molar-refractivity contribution in [2.75, 3.05) is 19.6 Å². The fourth-order valence-corrected chi connectivity index (χ4v) is 4.99. The molecule has 6 nitrogen and oxygen atoms in total. The van der Waals surface area contributed by atoms with Crippen molar-refractivity contribution in [3.8, 4) is 0 Å². The van der Waals surface area contributed by atoms with Gasteiger partial charge < -0.3 is 20.6 Å². The Morgan fingerprint density at radius 3 is 2.52 bits per heavy atom. The predicted molar refractivity (Wildman–Crippen MR) is 123 cm³/mol. The molecule has 7 heteroatoms. The van der Waals surface area contributed by atoms with Crippen LogP contribution in [0.3, 0.4) is 0 Å². The van der Waals surface area contributed by atoms with Crippen LogP contribution in [0, 0.1) is 11.3 Å². The first-order chi connectivity index (χ1) is 14.5. The molecule has 0 radical (unpaired) electrons. The Hall–Kier alpha value is -1.63. The Kier molecular flexibility index (Phi) is 7.34. The van der Waals surface area contributed by atoms with E-state index in [0.29, 0.717) is 31.0 Å². The molecular formula is C24H36ClN3O3. The van der Waals surface area contributed by atoms with Crippen LogP contribution in [0.15, 0.2) is 24.3 Å². The van der Waals surface area contributed by atoms with Gasteiger partial charge in [-0.25, -0.2) is 0 Å². The Morgan fingerprint density at radius 2 is 1.97 bits per heavy atom. The minimum absolute atomic E-state index is 0.0202. The van der Waals surface area contributed by atoms with E-state index in [2.05, 4.69) is 10.6 Å². The van der Waals surface area contributed by atoms with E-state index in [4.69, 9.17) is 11.6 Å². The molecule has 0 unspecified atom stereocenters. The Balaban J connectivity index is 1.69. The van der Waals surface area contributed by atoms with Crippen molar-refractivity contribution in [3.63, 3.8) is 0 Å². The summed E-state index contributed by atoms with van der Waals surface area (Å²) in [6.07, 6.45) is 2.91. The summed E-state index contributed by atoms with van der Waals surface area (Å²) in [5.41, 5.74) is -0.806. The molecule has 2 aliphatic heterocycles. The van der Waals surface area contributed by atoms with Crippen LogP contribution in [0.2, 0.25) is 5.02 Å². The molecule has 2 fully saturated rings. The predicted octanol–water partition coefficient (Wildman–Crippen LogP) is 3.07. The minimum atomic E-state index is -1.06. The van der Waals surface area contributed by atoms with Gasteiger partial charge in [0.15, 0.2) is 0 Å². The van der Waals surface area contributed by atoms with Crippen LogP contribution >= 0.6 is 11.6 Å². The summed E-state index contributed by atoms with van der Waals surface area (Å²) in [6, 6.07) is 6.92. The summed E-state index contributed by atoms with van der Waals surface area (Å²) in [5.74, 6) is -0.178. The standard InChI is InChI=1S/C24H36ClN3O3/c1-16(2)21(27-20(29)14-19-6-5-12-26-19)22(30)28-13-11-24(31,23(3,4)15-28)17-7-9-18(25)10-8-17/h7-10,16,19,21,26,31H,5-6,11-15H2,1-4H3,(H,27,29)/t19-,21+,24-/m0/s1. The Labute approximate surface area is 190 Å². The number of rotatable bonds is 6. The van der Waals surface area contributed by atoms with Gasteiger partial charge in [-0.05, 0) is 49.4 Å². The number of likely N-dealkylation sites (tertiary alicyclic amines) is 1. The fraction of sp³-hybridized carbons (Fsp3) is 0.667. The number of nitrogens with zero attached hydrogens (tertiary/aromatic N) is 1. The van der Waals surface area contributed by atoms with Crippen LogP contribution in [-0.4, -0.2) is 53.5 Å². The first-order valence-corrected chi connectivity index (χ1v) is 11.7. The molecule has 0 bridgehead atoms. The number of carbonyl (C=O) groups excluding carboxylic acids is 2. The van der Waals surface area contributed by atoms with E-state index in [1.54, 1.807) is 17.0 Å². The molecule has 0 saturated carbocycles. The number of benzene rings is 1. The lowest BCUT2D eigenvalue weighted by molar-refractivity contribution is -0.156. The van der Waals surface area contributed by atoms with Gasteiger partial charge in [0.25, 0.3) is 0 Å². The SMILES string of the molecule is CC(C)[C@@H](NC(=O)C[C@@H]1CCCN1)C(=O)N1CC[C@](O)(c2ccc(Cl)cc2)C(C)(C)C1. The van der Waals surface area contributed by atoms with Gasteiger partial charge in [-0.2, -0.15) is 0 Å². The number of amides is 2. The summed E-state index contributed by atoms with van der Waals surface area (Å²) in [5, 5.41) is 18.5. The third-order valence-corrected chi connectivity index (χ3v) is 7.18. The van der Waals surface area contributed by atoms with Gasteiger partial charge in [-0.15, -0.1) is 0 Å². The first-order valence-electron chi connectivity index (χ1n) is 11.3. The number of carbonyl (C=O) groups is 2. The topological polar surface area (TPSA) is 81.7 Å². The van der Waals surface area contributed by atoms with Gasteiger partial charge >= 0.3 is 0 Å². The lowest BCUT2D eigenvalue weighted by Crippen LogP contribution is -2.60. The number of nitrogens with one attached hydrogen (secondary N) is 2. The molecule has 0 aromatic heterocycles. The molecular weight excluding hydrogens is 414 g/mol. The van der Waals surface area contributed by atoms with Gasteiger partial charge in [-0.1, -0.05) is 51.4 Å². The fourth-order valence-electron chi connectivity index (χ4n) is 4.87. The highest BCUT2D eigenvalue weighted by molar-refractivity contribution is 6.30. The number of aliphatic hydroxyl groups is 1. The molecule has 3 atom stereocenters. The van der Waals surface area contributed by atoms with Crippen molar-refractivity contribution >= 4 is 23.4 Å². The number of hydrogen-bond donors (Lipinski definition) is 3. The lowest BCUT2D eigenvalue weighted by Gasteiger charge is -2.51. The van der Waals surface area contributed by atoms with Crippen molar-refractivity contribution in [2.45, 2.75) is 71.1 Å². The van der Waals surface area contributed by atoms with Crippen molar-refractivity contribution in [1.82, 2.24) is 15.5 Å². The number of piperidine rings is 1. The van der Waals surface area contributed by atoms with Crippen LogP contribution < -0.4 is 10.6 Å². The molecule has 2 aliphatic rings. The second kappa shape index (κ2) is 9.47. The van der Waals surface area contributed by atoms with Gasteiger partial charge in [0.05, 0.1) is 5.60 Å². The third kappa shape index (κ3) is 5.24. The zero-order valence-electron chi connectivity index (χ0n) is 19.1. The molecule has 3 rings (SSSR count). The third-order valence-electron chi connectivity index (χ3n) is 6.93. The Morgan fingerprint density at radius 1 is 1.29 bits per heavy atom. The molecule has 3 N–H and O–H groups in total. The van der Waals surface area contributed by atoms with E-state index in [9.17, 15) is 14.7 Å². The van der Waals surface area contributed by atoms with Crippen LogP contribution in [0.4, 0.5) is 0 Å². The highest BCUT2D eigenvalue weighted by Gasteiger charge is 2.50. The summed E-state index contributed by atoms with van der Waals surface area (Å²) in [6.45, 7) is 9.67. The van der Waals surface area contributed by atoms with E-state index in [-0.39, 0.29) is 23.8 Å². The van der Waals surface area contributed by atoms with Crippen molar-refractivity contribution in [3.05, 3.63) is 34.9 Å². The number of hydrogen-bond acceptors (Lipinski definition) is 4. The normalized spacial score (nSPS) is 26.7. The van der Waals surface area contributed by atoms with E-state index < -0.39 is 17.1 Å². The van der Waals surface area contributed by atoms with E-state index in [0.717, 1.165) is 24.9 Å². The summed E-state index contributed by atoms with van der Waals surface area (Å²) < 4.78 is 0. The van der Waals surface area contributed by atoms with Gasteiger partial charge in [0, 0.05) is 36.0 Å². The summed E-state index contributed by atoms with van der Waals surface area (Å²) in [7, 11) is 0. The second-order valence-corrected chi connectivity index (χ2v) is 10.5. The van der Waals surface area contributed by atoms with Gasteiger partial charge in [-0.3, -0.25) is 9.59 Å². The highest BCUT2D eigenvalue weighted by Crippen LogP contribution is 2.46. The maximum atomic E-state index is 13.4. The Bertz CT molecular complexity index is 790. The van der Waals surface area contributed by atoms with Crippen molar-refractivity contribution < 1.29 is 14.7 Å². The molecule has 172 valence electrons. The monoisotopic (exact) mass is 449 g/mol. The van der Waals surface area contributed by atoms with E-state index in [1.165, 1.54) is 0 Å². The maximum Gasteiger partial charge on any atom is 0.245 e. The first kappa shape index (κ1) is 24.0. The van der Waals surface area contributed by atoms with Crippen LogP contribution in [0.25, 0.3) is 0 Å². The highest BCUT2D eigenvalue weighted by atomic mass is 35.5. The number of halogens is 1. The smallest absolute Gasteiger partial charge is 0.245 e. The average Bonchev–Trinajstić information content (AvgIpc) is 3.21. The molecule has 1 aromatic carbocycles. The van der Waals surface area contributed by atoms with Crippen molar-refractivity contribution in [1.29, 1.82) is 0 Å². The zero-order valence-corrected chi connectivity index (χ0v) is 19.8. The molecule has 0 aliphatic carbocycles. The van der Waals surface area contributed by atoms with E-state index in [1.807, 2.05) is 39.8 Å². The quantitative estimate of drug-likeness (QED) is 0.623. The largest absolute Gasteiger partial charge is 0.384 e. The van der Waals surface area contributed by atoms with Gasteiger partial charge in [0.2, 0.25) is 11.8 Å². The van der Waals surface area contributed by atoms with Crippen molar-refractivity contribution in [2.24, 2.45) is 11.3 Å². The van der Waals surface area contributed by atoms with Gasteiger partial charge in [0.1, 0.15) is 6.04 Å². The lowest BCUT2D eigenvalue weighted by atomic mass is 9.66. The molecule has 2 heterocycles. The molecule has 1 aromatic rings. The summed E-state index contributed by atoms with van der Waals surface area (Å²) in [4.78, 5) is 27.8. The molecule has 2 saturated heterocycles. The van der Waals surface area contributed by atoms with Crippen LogP contribution in [0.1, 0.15) is 58.9 Å². The molecule has 0 spiro atoms. The zero-order chi connectivity index (χ0) is 22.8.